The van der Waals surface area contributed by atoms with E-state index in [4.69, 9.17) is 28.4 Å². The number of ether oxygens (including phenoxy) is 6. The molecule has 16 nitrogen and oxygen atoms in total. The molecular weight excluding hydrogens is 837 g/mol. The van der Waals surface area contributed by atoms with E-state index in [-0.39, 0.29) is 94.2 Å². The van der Waals surface area contributed by atoms with Gasteiger partial charge in [-0.3, -0.25) is 19.2 Å². The van der Waals surface area contributed by atoms with Crippen LogP contribution in [0, 0.1) is 0 Å². The molecule has 0 spiro atoms. The third kappa shape index (κ3) is 14.6. The van der Waals surface area contributed by atoms with Gasteiger partial charge in [-0.25, -0.2) is 18.0 Å². The van der Waals surface area contributed by atoms with Gasteiger partial charge in [0.05, 0.1) is 47.2 Å². The maximum absolute atomic E-state index is 13.6. The van der Waals surface area contributed by atoms with Crippen molar-refractivity contribution >= 4 is 56.5 Å². The Hall–Kier alpha value is -6.95. The van der Waals surface area contributed by atoms with Crippen molar-refractivity contribution < 1.29 is 65.6 Å². The Morgan fingerprint density at radius 1 is 0.556 bits per heavy atom. The predicted octanol–water partition coefficient (Wildman–Crippen LogP) is 6.95. The summed E-state index contributed by atoms with van der Waals surface area (Å²) in [6.07, 6.45) is -3.11. The average Bonchev–Trinajstić information content (AvgIpc) is 3.26. The number of methoxy groups -OCH3 is 2. The fraction of sp³-hybridized carbons (Fsp3) is 0.261. The van der Waals surface area contributed by atoms with Gasteiger partial charge in [-0.15, -0.1) is 0 Å². The first kappa shape index (κ1) is 48.7. The number of carbonyl (C=O) groups is 6. The molecule has 332 valence electrons. The maximum Gasteiger partial charge on any atom is 0.333 e. The number of hydrogen-bond donors (Lipinski definition) is 2. The lowest BCUT2D eigenvalue weighted by atomic mass is 10.1. The summed E-state index contributed by atoms with van der Waals surface area (Å²) in [4.78, 5) is 74.2. The highest BCUT2D eigenvalue weighted by Gasteiger charge is 2.25. The van der Waals surface area contributed by atoms with E-state index in [2.05, 4.69) is 23.8 Å². The molecule has 2 N–H and O–H groups in total. The molecule has 0 fully saturated rings. The molecule has 0 bridgehead atoms. The number of anilines is 2. The predicted molar refractivity (Wildman–Crippen MR) is 230 cm³/mol. The van der Waals surface area contributed by atoms with E-state index in [0.717, 1.165) is 0 Å². The summed E-state index contributed by atoms with van der Waals surface area (Å²) in [5.41, 5.74) is 0.959. The van der Waals surface area contributed by atoms with Gasteiger partial charge in [0.2, 0.25) is 21.7 Å². The SMILES string of the molecule is C=C(C)C(=O)OCCC(=O)C(CC(=O)Nc1ccccc1Oc1ccc(S(=O)(=O)c2ccc(Oc3ccccc3NC(=O)CC(OC)C(=O)CCOC(=O)C(=C)C)cc2)cc1)OC. The Morgan fingerprint density at radius 3 is 1.24 bits per heavy atom. The molecule has 0 radical (unpaired) electrons. The van der Waals surface area contributed by atoms with Crippen molar-refractivity contribution in [1.29, 1.82) is 0 Å². The van der Waals surface area contributed by atoms with Gasteiger partial charge in [-0.2, -0.15) is 0 Å². The molecular formula is C46H48N2O14S. The first-order valence-corrected chi connectivity index (χ1v) is 20.9. The van der Waals surface area contributed by atoms with Crippen molar-refractivity contribution in [3.8, 4) is 23.0 Å². The molecule has 4 aromatic rings. The Bertz CT molecular complexity index is 2270. The standard InChI is InChI=1S/C46H48N2O14S/c1-29(2)45(53)59-25-23-37(49)41(57-5)27-43(51)47-35-11-7-9-13-39(35)61-31-15-19-33(20-16-31)63(55,56)34-21-17-32(18-22-34)62-40-14-10-8-12-36(40)48-44(52)28-42(58-6)38(50)24-26-60-46(54)30(3)4/h7-22,41-42H,1,3,23-28H2,2,4-6H3,(H,47,51)(H,48,52). The van der Waals surface area contributed by atoms with Gasteiger partial charge in [-0.05, 0) is 86.6 Å². The van der Waals surface area contributed by atoms with Crippen molar-refractivity contribution in [3.05, 3.63) is 121 Å². The molecule has 4 rings (SSSR count). The Morgan fingerprint density at radius 2 is 0.905 bits per heavy atom. The highest BCUT2D eigenvalue weighted by atomic mass is 32.2. The van der Waals surface area contributed by atoms with Crippen LogP contribution in [-0.4, -0.2) is 83.4 Å². The van der Waals surface area contributed by atoms with E-state index < -0.39 is 57.4 Å². The van der Waals surface area contributed by atoms with Gasteiger partial charge < -0.3 is 39.1 Å². The van der Waals surface area contributed by atoms with Crippen LogP contribution in [0.25, 0.3) is 0 Å². The Balaban J connectivity index is 1.34. The third-order valence-electron chi connectivity index (χ3n) is 8.93. The van der Waals surface area contributed by atoms with Crippen molar-refractivity contribution in [2.24, 2.45) is 0 Å². The topological polar surface area (TPSA) is 216 Å². The van der Waals surface area contributed by atoms with Crippen LogP contribution in [0.4, 0.5) is 11.4 Å². The average molecular weight is 885 g/mol. The molecule has 0 aliphatic carbocycles. The quantitative estimate of drug-likeness (QED) is 0.0538. The largest absolute Gasteiger partial charge is 0.462 e. The van der Waals surface area contributed by atoms with Gasteiger partial charge in [0, 0.05) is 38.2 Å². The first-order valence-electron chi connectivity index (χ1n) is 19.4. The van der Waals surface area contributed by atoms with Crippen LogP contribution < -0.4 is 20.1 Å². The summed E-state index contributed by atoms with van der Waals surface area (Å²) < 4.78 is 59.5. The van der Waals surface area contributed by atoms with Crippen molar-refractivity contribution in [3.63, 3.8) is 0 Å². The van der Waals surface area contributed by atoms with Crippen molar-refractivity contribution in [2.75, 3.05) is 38.1 Å². The molecule has 2 atom stereocenters. The summed E-state index contributed by atoms with van der Waals surface area (Å²) >= 11 is 0. The van der Waals surface area contributed by atoms with Crippen molar-refractivity contribution in [1.82, 2.24) is 0 Å². The number of para-hydroxylation sites is 4. The minimum absolute atomic E-state index is 0.0245. The lowest BCUT2D eigenvalue weighted by Gasteiger charge is -2.16. The molecule has 0 aliphatic rings. The van der Waals surface area contributed by atoms with Crippen molar-refractivity contribution in [2.45, 2.75) is 61.5 Å². The number of hydrogen-bond acceptors (Lipinski definition) is 14. The zero-order valence-corrected chi connectivity index (χ0v) is 36.0. The molecule has 0 saturated heterocycles. The van der Waals surface area contributed by atoms with Crippen LogP contribution in [-0.2, 0) is 57.6 Å². The zero-order valence-electron chi connectivity index (χ0n) is 35.2. The van der Waals surface area contributed by atoms with Crippen LogP contribution in [0.15, 0.2) is 131 Å². The van der Waals surface area contributed by atoms with E-state index in [1.165, 1.54) is 76.6 Å². The second kappa shape index (κ2) is 23.3. The van der Waals surface area contributed by atoms with Crippen LogP contribution >= 0.6 is 0 Å². The molecule has 4 aromatic carbocycles. The maximum atomic E-state index is 13.6. The highest BCUT2D eigenvalue weighted by Crippen LogP contribution is 2.33. The summed E-state index contributed by atoms with van der Waals surface area (Å²) in [6.45, 7) is 9.56. The number of sulfone groups is 1. The second-order valence-corrected chi connectivity index (χ2v) is 15.8. The first-order chi connectivity index (χ1) is 30.0. The minimum Gasteiger partial charge on any atom is -0.462 e. The fourth-order valence-electron chi connectivity index (χ4n) is 5.53. The Labute approximate surface area is 365 Å². The van der Waals surface area contributed by atoms with Gasteiger partial charge in [0.25, 0.3) is 0 Å². The van der Waals surface area contributed by atoms with E-state index in [9.17, 15) is 37.2 Å². The molecule has 0 aliphatic heterocycles. The summed E-state index contributed by atoms with van der Waals surface area (Å²) in [6, 6.07) is 24.4. The van der Waals surface area contributed by atoms with Crippen LogP contribution in [0.2, 0.25) is 0 Å². The fourth-order valence-corrected chi connectivity index (χ4v) is 6.80. The number of benzene rings is 4. The molecule has 0 saturated carbocycles. The normalized spacial score (nSPS) is 11.9. The zero-order chi connectivity index (χ0) is 46.1. The number of ketones is 2. The van der Waals surface area contributed by atoms with Gasteiger partial charge in [0.15, 0.2) is 23.1 Å². The molecule has 2 amide bonds. The molecule has 0 aromatic heterocycles. The molecule has 0 heterocycles. The van der Waals surface area contributed by atoms with E-state index in [1.807, 2.05) is 0 Å². The lowest BCUT2D eigenvalue weighted by Crippen LogP contribution is -2.29. The highest BCUT2D eigenvalue weighted by molar-refractivity contribution is 7.91. The molecule has 63 heavy (non-hydrogen) atoms. The monoisotopic (exact) mass is 884 g/mol. The Kier molecular flexibility index (Phi) is 18.0. The third-order valence-corrected chi connectivity index (χ3v) is 10.7. The van der Waals surface area contributed by atoms with Gasteiger partial charge in [-0.1, -0.05) is 37.4 Å². The second-order valence-electron chi connectivity index (χ2n) is 13.9. The van der Waals surface area contributed by atoms with Gasteiger partial charge >= 0.3 is 11.9 Å². The molecule has 2 unspecified atom stereocenters. The summed E-state index contributed by atoms with van der Waals surface area (Å²) in [5.74, 6) is -2.17. The number of carbonyl (C=O) groups excluding carboxylic acids is 6. The summed E-state index contributed by atoms with van der Waals surface area (Å²) in [7, 11) is -1.42. The number of rotatable bonds is 24. The number of amides is 2. The van der Waals surface area contributed by atoms with E-state index in [1.54, 1.807) is 48.5 Å². The van der Waals surface area contributed by atoms with Crippen LogP contribution in [0.3, 0.4) is 0 Å². The van der Waals surface area contributed by atoms with E-state index in [0.29, 0.717) is 0 Å². The number of nitrogens with one attached hydrogen (secondary N) is 2. The number of esters is 2. The minimum atomic E-state index is -4.00. The van der Waals surface area contributed by atoms with Crippen LogP contribution in [0.5, 0.6) is 23.0 Å². The van der Waals surface area contributed by atoms with Crippen LogP contribution in [0.1, 0.15) is 39.5 Å². The molecule has 17 heteroatoms. The summed E-state index contributed by atoms with van der Waals surface area (Å²) in [5, 5.41) is 5.41. The number of Topliss-reactive ketones (excluding diaryl/α,β-unsaturated/α-hetero) is 2. The van der Waals surface area contributed by atoms with E-state index >= 15 is 0 Å². The lowest BCUT2D eigenvalue weighted by molar-refractivity contribution is -0.142. The van der Waals surface area contributed by atoms with Gasteiger partial charge in [0.1, 0.15) is 23.7 Å². The smallest absolute Gasteiger partial charge is 0.333 e.